The molecule has 0 spiro atoms. The van der Waals surface area contributed by atoms with E-state index in [4.69, 9.17) is 26.2 Å². The second-order valence-corrected chi connectivity index (χ2v) is 13.1. The average molecular weight is 658 g/mol. The summed E-state index contributed by atoms with van der Waals surface area (Å²) in [6, 6.07) is 14.5. The Kier molecular flexibility index (Phi) is 9.55. The lowest BCUT2D eigenvalue weighted by Crippen LogP contribution is -2.42. The van der Waals surface area contributed by atoms with Gasteiger partial charge in [0.2, 0.25) is 10.0 Å². The maximum atomic E-state index is 12.9. The molecule has 1 aromatic heterocycles. The van der Waals surface area contributed by atoms with Gasteiger partial charge in [-0.25, -0.2) is 22.3 Å². The number of hydrogen-bond acceptors (Lipinski definition) is 8. The first-order valence-corrected chi connectivity index (χ1v) is 15.5. The highest BCUT2D eigenvalue weighted by Gasteiger charge is 2.29. The number of nitrogens with one attached hydrogen (secondary N) is 1. The topological polar surface area (TPSA) is 122 Å². The minimum Gasteiger partial charge on any atom is -0.479 e. The van der Waals surface area contributed by atoms with Crippen LogP contribution in [-0.4, -0.2) is 62.6 Å². The number of aliphatic carboxylic acids is 1. The fraction of sp³-hybridized carbons (Fsp3) is 0.308. The quantitative estimate of drug-likeness (QED) is 0.275. The summed E-state index contributed by atoms with van der Waals surface area (Å²) in [5.74, 6) is -1.74. The van der Waals surface area contributed by atoms with Crippen molar-refractivity contribution >= 4 is 66.5 Å². The first kappa shape index (κ1) is 29.3. The number of carbonyl (C=O) groups is 2. The van der Waals surface area contributed by atoms with Crippen molar-refractivity contribution in [3.8, 4) is 16.2 Å². The Bertz CT molecular complexity index is 1450. The lowest BCUT2D eigenvalue weighted by Gasteiger charge is -2.32. The number of rotatable bonds is 10. The number of nitrogens with zero attached hydrogens (tertiary/aromatic N) is 1. The molecule has 2 heterocycles. The van der Waals surface area contributed by atoms with Gasteiger partial charge in [0.25, 0.3) is 0 Å². The van der Waals surface area contributed by atoms with Gasteiger partial charge in [-0.1, -0.05) is 35.9 Å². The molecule has 13 heteroatoms. The van der Waals surface area contributed by atoms with Crippen LogP contribution in [0.4, 0.5) is 5.69 Å². The average Bonchev–Trinajstić information content (AvgIpc) is 3.24. The van der Waals surface area contributed by atoms with Gasteiger partial charge in [0.15, 0.2) is 17.2 Å². The van der Waals surface area contributed by atoms with Gasteiger partial charge in [0.1, 0.15) is 0 Å². The molecule has 1 saturated heterocycles. The number of ether oxygens (including phenoxy) is 2. The molecule has 3 aromatic rings. The number of halogens is 2. The maximum Gasteiger partial charge on any atom is 0.351 e. The van der Waals surface area contributed by atoms with Crippen molar-refractivity contribution in [3.05, 3.63) is 68.5 Å². The Hall–Kier alpha value is -2.64. The van der Waals surface area contributed by atoms with E-state index in [0.717, 1.165) is 22.6 Å². The number of hydrogen-bond donors (Lipinski definition) is 2. The van der Waals surface area contributed by atoms with E-state index in [2.05, 4.69) is 21.2 Å². The van der Waals surface area contributed by atoms with E-state index in [-0.39, 0.29) is 22.4 Å². The fourth-order valence-corrected chi connectivity index (χ4v) is 7.87. The van der Waals surface area contributed by atoms with E-state index in [1.165, 1.54) is 11.4 Å². The van der Waals surface area contributed by atoms with E-state index in [9.17, 15) is 18.0 Å². The number of piperidine rings is 1. The van der Waals surface area contributed by atoms with Crippen LogP contribution in [-0.2, 0) is 25.3 Å². The van der Waals surface area contributed by atoms with Crippen molar-refractivity contribution < 1.29 is 32.6 Å². The largest absolute Gasteiger partial charge is 0.479 e. The van der Waals surface area contributed by atoms with Crippen molar-refractivity contribution in [2.24, 2.45) is 0 Å². The third kappa shape index (κ3) is 7.31. The molecule has 0 aliphatic carbocycles. The summed E-state index contributed by atoms with van der Waals surface area (Å²) in [5, 5.41) is 13.1. The monoisotopic (exact) mass is 656 g/mol. The summed E-state index contributed by atoms with van der Waals surface area (Å²) in [4.78, 5) is 24.1. The zero-order valence-electron chi connectivity index (χ0n) is 20.9. The predicted octanol–water partition coefficient (Wildman–Crippen LogP) is 5.49. The number of anilines is 1. The molecule has 1 aliphatic rings. The van der Waals surface area contributed by atoms with Crippen molar-refractivity contribution in [1.29, 1.82) is 0 Å². The summed E-state index contributed by atoms with van der Waals surface area (Å²) in [7, 11) is -2.20. The minimum absolute atomic E-state index is 0.0638. The summed E-state index contributed by atoms with van der Waals surface area (Å²) in [6.07, 6.45) is 1.29. The highest BCUT2D eigenvalue weighted by molar-refractivity contribution is 9.10. The van der Waals surface area contributed by atoms with Crippen LogP contribution in [0.25, 0.3) is 10.4 Å². The van der Waals surface area contributed by atoms with Crippen LogP contribution in [0.2, 0.25) is 5.02 Å². The standard InChI is InChI=1S/C26H26BrClN2O7S2/c1-36-26(33)25-23(37-14-21(31)32)22(27)24(38-25)17-3-2-4-20(13-17)29-19-9-11-30(12-10-19)39(34,35)15-16-5-7-18(28)8-6-16/h2-8,13,19,29H,9-12,14-15H2,1H3,(H,31,32). The molecule has 1 aliphatic heterocycles. The molecular weight excluding hydrogens is 632 g/mol. The van der Waals surface area contributed by atoms with Gasteiger partial charge in [-0.3, -0.25) is 0 Å². The molecular formula is C26H26BrClN2O7S2. The van der Waals surface area contributed by atoms with E-state index in [0.29, 0.717) is 45.9 Å². The summed E-state index contributed by atoms with van der Waals surface area (Å²) < 4.78 is 38.0. The zero-order valence-corrected chi connectivity index (χ0v) is 24.8. The van der Waals surface area contributed by atoms with Gasteiger partial charge < -0.3 is 19.9 Å². The van der Waals surface area contributed by atoms with Gasteiger partial charge in [-0.15, -0.1) is 11.3 Å². The molecule has 2 aromatic carbocycles. The van der Waals surface area contributed by atoms with Gasteiger partial charge in [-0.2, -0.15) is 0 Å². The second kappa shape index (κ2) is 12.7. The molecule has 208 valence electrons. The van der Waals surface area contributed by atoms with Crippen LogP contribution in [0, 0.1) is 0 Å². The predicted molar refractivity (Wildman–Crippen MR) is 154 cm³/mol. The highest BCUT2D eigenvalue weighted by atomic mass is 79.9. The van der Waals surface area contributed by atoms with Crippen LogP contribution in [0.15, 0.2) is 53.0 Å². The van der Waals surface area contributed by atoms with Gasteiger partial charge >= 0.3 is 11.9 Å². The third-order valence-electron chi connectivity index (χ3n) is 6.13. The summed E-state index contributed by atoms with van der Waals surface area (Å²) in [5.41, 5.74) is 2.32. The smallest absolute Gasteiger partial charge is 0.351 e. The third-order valence-corrected chi connectivity index (χ3v) is 10.4. The molecule has 1 fully saturated rings. The number of carboxylic acid groups (broad SMARTS) is 1. The SMILES string of the molecule is COC(=O)c1sc(-c2cccc(NC3CCN(S(=O)(=O)Cc4ccc(Cl)cc4)CC3)c2)c(Br)c1OCC(=O)O. The Morgan fingerprint density at radius 2 is 1.87 bits per heavy atom. The molecule has 4 rings (SSSR count). The number of carbonyl (C=O) groups excluding carboxylic acids is 1. The summed E-state index contributed by atoms with van der Waals surface area (Å²) >= 11 is 10.5. The normalized spacial score (nSPS) is 14.6. The Labute approximate surface area is 243 Å². The van der Waals surface area contributed by atoms with Gasteiger partial charge in [0, 0.05) is 29.8 Å². The lowest BCUT2D eigenvalue weighted by atomic mass is 10.1. The number of sulfonamides is 1. The molecule has 0 atom stereocenters. The van der Waals surface area contributed by atoms with Crippen LogP contribution in [0.3, 0.4) is 0 Å². The van der Waals surface area contributed by atoms with E-state index in [1.807, 2.05) is 24.3 Å². The molecule has 9 nitrogen and oxygen atoms in total. The molecule has 0 amide bonds. The maximum absolute atomic E-state index is 12.9. The minimum atomic E-state index is -3.44. The van der Waals surface area contributed by atoms with Crippen LogP contribution in [0.1, 0.15) is 28.1 Å². The lowest BCUT2D eigenvalue weighted by molar-refractivity contribution is -0.139. The Morgan fingerprint density at radius 1 is 1.18 bits per heavy atom. The van der Waals surface area contributed by atoms with Crippen LogP contribution < -0.4 is 10.1 Å². The number of benzene rings is 2. The van der Waals surface area contributed by atoms with Crippen molar-refractivity contribution in [2.75, 3.05) is 32.1 Å². The second-order valence-electron chi connectivity index (χ2n) is 8.86. The molecule has 0 unspecified atom stereocenters. The molecule has 39 heavy (non-hydrogen) atoms. The molecule has 0 bridgehead atoms. The molecule has 2 N–H and O–H groups in total. The molecule has 0 saturated carbocycles. The number of methoxy groups -OCH3 is 1. The van der Waals surface area contributed by atoms with E-state index < -0.39 is 28.6 Å². The fourth-order valence-electron chi connectivity index (χ4n) is 4.22. The first-order chi connectivity index (χ1) is 18.6. The summed E-state index contributed by atoms with van der Waals surface area (Å²) in [6.45, 7) is 0.224. The first-order valence-electron chi connectivity index (χ1n) is 11.9. The highest BCUT2D eigenvalue weighted by Crippen LogP contribution is 2.46. The number of carboxylic acids is 1. The van der Waals surface area contributed by atoms with Crippen LogP contribution >= 0.6 is 38.9 Å². The van der Waals surface area contributed by atoms with Crippen molar-refractivity contribution in [1.82, 2.24) is 4.31 Å². The van der Waals surface area contributed by atoms with E-state index >= 15 is 0 Å². The number of thiophene rings is 1. The van der Waals surface area contributed by atoms with Gasteiger partial charge in [0.05, 0.1) is 22.2 Å². The Morgan fingerprint density at radius 3 is 2.51 bits per heavy atom. The number of esters is 1. The molecule has 0 radical (unpaired) electrons. The van der Waals surface area contributed by atoms with Crippen molar-refractivity contribution in [2.45, 2.75) is 24.6 Å². The van der Waals surface area contributed by atoms with Crippen molar-refractivity contribution in [3.63, 3.8) is 0 Å². The van der Waals surface area contributed by atoms with E-state index in [1.54, 1.807) is 24.3 Å². The van der Waals surface area contributed by atoms with Crippen LogP contribution in [0.5, 0.6) is 5.75 Å². The van der Waals surface area contributed by atoms with Gasteiger partial charge in [-0.05, 0) is 64.2 Å². The zero-order chi connectivity index (χ0) is 28.2. The Balaban J connectivity index is 1.43.